The lowest BCUT2D eigenvalue weighted by Crippen LogP contribution is -2.32. The number of rotatable bonds is 5. The second-order valence-corrected chi connectivity index (χ2v) is 6.49. The van der Waals surface area contributed by atoms with Crippen LogP contribution in [0, 0.1) is 23.0 Å². The Labute approximate surface area is 133 Å². The summed E-state index contributed by atoms with van der Waals surface area (Å²) in [5, 5.41) is 13.0. The Morgan fingerprint density at radius 1 is 1.39 bits per heavy atom. The van der Waals surface area contributed by atoms with Gasteiger partial charge in [-0.15, -0.1) is 0 Å². The molecule has 0 bridgehead atoms. The third kappa shape index (κ3) is 3.85. The van der Waals surface area contributed by atoms with Crippen LogP contribution in [0.15, 0.2) is 17.2 Å². The Bertz CT molecular complexity index is 644. The van der Waals surface area contributed by atoms with Crippen LogP contribution < -0.4 is 10.2 Å². The molecule has 0 aromatic heterocycles. The molecule has 126 valence electrons. The summed E-state index contributed by atoms with van der Waals surface area (Å²) in [7, 11) is 0. The molecule has 1 aliphatic heterocycles. The zero-order valence-electron chi connectivity index (χ0n) is 13.3. The maximum absolute atomic E-state index is 14.3. The van der Waals surface area contributed by atoms with E-state index >= 15 is 0 Å². The number of aliphatic hydroxyl groups is 1. The zero-order chi connectivity index (χ0) is 17.2. The predicted octanol–water partition coefficient (Wildman–Crippen LogP) is 2.22. The second-order valence-electron chi connectivity index (χ2n) is 6.49. The summed E-state index contributed by atoms with van der Waals surface area (Å²) >= 11 is 0. The van der Waals surface area contributed by atoms with Crippen molar-refractivity contribution in [2.75, 3.05) is 13.2 Å². The van der Waals surface area contributed by atoms with Gasteiger partial charge in [-0.25, -0.2) is 9.82 Å². The van der Waals surface area contributed by atoms with Gasteiger partial charge >= 0.3 is 0 Å². The van der Waals surface area contributed by atoms with E-state index in [1.54, 1.807) is 20.8 Å². The number of halogens is 2. The van der Waals surface area contributed by atoms with Gasteiger partial charge in [-0.1, -0.05) is 20.8 Å². The smallest absolute Gasteiger partial charge is 0.240 e. The number of nitrogens with zero attached hydrogens (tertiary/aromatic N) is 1. The van der Waals surface area contributed by atoms with Crippen molar-refractivity contribution in [2.24, 2.45) is 16.4 Å². The minimum absolute atomic E-state index is 0.00349. The van der Waals surface area contributed by atoms with E-state index in [0.29, 0.717) is 5.71 Å². The highest BCUT2D eigenvalue weighted by atomic mass is 19.2. The van der Waals surface area contributed by atoms with Crippen molar-refractivity contribution in [2.45, 2.75) is 27.2 Å². The Balaban J connectivity index is 2.26. The van der Waals surface area contributed by atoms with Gasteiger partial charge in [0.2, 0.25) is 11.7 Å². The number of nitrogens with one attached hydrogen (secondary N) is 1. The van der Waals surface area contributed by atoms with E-state index in [0.717, 1.165) is 0 Å². The van der Waals surface area contributed by atoms with Gasteiger partial charge in [-0.05, 0) is 12.1 Å². The van der Waals surface area contributed by atoms with Crippen LogP contribution in [0.4, 0.5) is 8.78 Å². The summed E-state index contributed by atoms with van der Waals surface area (Å²) in [5.41, 5.74) is 2.01. The van der Waals surface area contributed by atoms with Crippen LogP contribution in [-0.2, 0) is 4.79 Å². The maximum Gasteiger partial charge on any atom is 0.240 e. The Morgan fingerprint density at radius 3 is 2.70 bits per heavy atom. The number of ether oxygens (including phenoxy) is 1. The zero-order valence-corrected chi connectivity index (χ0v) is 13.3. The fourth-order valence-corrected chi connectivity index (χ4v) is 2.14. The lowest BCUT2D eigenvalue weighted by atomic mass is 9.93. The van der Waals surface area contributed by atoms with E-state index < -0.39 is 17.0 Å². The molecule has 1 atom stereocenters. The van der Waals surface area contributed by atoms with Gasteiger partial charge in [0.25, 0.3) is 0 Å². The van der Waals surface area contributed by atoms with E-state index in [1.165, 1.54) is 12.1 Å². The molecule has 2 N–H and O–H groups in total. The summed E-state index contributed by atoms with van der Waals surface area (Å²) < 4.78 is 33.8. The van der Waals surface area contributed by atoms with Crippen molar-refractivity contribution in [3.05, 3.63) is 29.3 Å². The first-order chi connectivity index (χ1) is 10.7. The van der Waals surface area contributed by atoms with Crippen molar-refractivity contribution >= 4 is 11.6 Å². The molecular formula is C16H20F2N2O3. The summed E-state index contributed by atoms with van der Waals surface area (Å²) in [6.45, 7) is 5.13. The van der Waals surface area contributed by atoms with Crippen LogP contribution >= 0.6 is 0 Å². The highest BCUT2D eigenvalue weighted by Crippen LogP contribution is 2.27. The normalized spacial score (nSPS) is 18.4. The summed E-state index contributed by atoms with van der Waals surface area (Å²) in [4.78, 5) is 11.2. The Hall–Kier alpha value is -2.02. The molecule has 1 heterocycles. The number of hydrazone groups is 1. The Morgan fingerprint density at radius 2 is 2.09 bits per heavy atom. The molecule has 0 spiro atoms. The summed E-state index contributed by atoms with van der Waals surface area (Å²) in [5.74, 6) is -2.96. The number of aliphatic hydroxyl groups excluding tert-OH is 1. The van der Waals surface area contributed by atoms with Crippen LogP contribution in [0.2, 0.25) is 0 Å². The number of amides is 1. The molecule has 5 nitrogen and oxygen atoms in total. The molecule has 1 unspecified atom stereocenters. The lowest BCUT2D eigenvalue weighted by molar-refractivity contribution is -0.121. The average Bonchev–Trinajstić information content (AvgIpc) is 2.50. The quantitative estimate of drug-likeness (QED) is 0.871. The molecule has 0 fully saturated rings. The van der Waals surface area contributed by atoms with Crippen molar-refractivity contribution in [1.29, 1.82) is 0 Å². The van der Waals surface area contributed by atoms with Crippen LogP contribution in [0.5, 0.6) is 5.75 Å². The first kappa shape index (κ1) is 17.3. The van der Waals surface area contributed by atoms with Gasteiger partial charge < -0.3 is 9.84 Å². The van der Waals surface area contributed by atoms with E-state index in [-0.39, 0.29) is 42.8 Å². The first-order valence-corrected chi connectivity index (χ1v) is 7.33. The summed E-state index contributed by atoms with van der Waals surface area (Å²) in [6.07, 6.45) is 0.169. The number of carbonyl (C=O) groups is 1. The minimum Gasteiger partial charge on any atom is -0.490 e. The van der Waals surface area contributed by atoms with E-state index in [2.05, 4.69) is 10.5 Å². The molecular weight excluding hydrogens is 306 g/mol. The number of hydrogen-bond acceptors (Lipinski definition) is 4. The summed E-state index contributed by atoms with van der Waals surface area (Å²) in [6, 6.07) is 2.71. The fraction of sp³-hybridized carbons (Fsp3) is 0.500. The molecule has 0 radical (unpaired) electrons. The third-order valence-corrected chi connectivity index (χ3v) is 3.63. The predicted molar refractivity (Wildman–Crippen MR) is 81.2 cm³/mol. The van der Waals surface area contributed by atoms with Gasteiger partial charge in [-0.3, -0.25) is 4.79 Å². The molecule has 0 saturated heterocycles. The number of hydrogen-bond donors (Lipinski definition) is 2. The standard InChI is InChI=1S/C16H20F2N2O3/c1-9-6-12(22)19-20-15(9)10-4-5-11(14(18)13(10)17)23-8-16(2,3)7-21/h4-5,9,21H,6-8H2,1-3H3,(H,19,22). The van der Waals surface area contributed by atoms with Crippen molar-refractivity contribution < 1.29 is 23.4 Å². The second kappa shape index (κ2) is 6.62. The molecule has 0 saturated carbocycles. The lowest BCUT2D eigenvalue weighted by Gasteiger charge is -2.23. The molecule has 1 aliphatic rings. The Kier molecular flexibility index (Phi) is 4.99. The molecule has 1 aromatic carbocycles. The van der Waals surface area contributed by atoms with Gasteiger partial charge in [-0.2, -0.15) is 9.49 Å². The van der Waals surface area contributed by atoms with Crippen LogP contribution in [0.1, 0.15) is 32.8 Å². The minimum atomic E-state index is -1.11. The highest BCUT2D eigenvalue weighted by molar-refractivity contribution is 6.05. The molecule has 7 heteroatoms. The molecule has 2 rings (SSSR count). The molecule has 23 heavy (non-hydrogen) atoms. The fourth-order valence-electron chi connectivity index (χ4n) is 2.14. The van der Waals surface area contributed by atoms with Crippen molar-refractivity contribution in [3.8, 4) is 5.75 Å². The average molecular weight is 326 g/mol. The van der Waals surface area contributed by atoms with Crippen LogP contribution in [0.3, 0.4) is 0 Å². The molecule has 1 aromatic rings. The SMILES string of the molecule is CC1CC(=O)NN=C1c1ccc(OCC(C)(C)CO)c(F)c1F. The largest absolute Gasteiger partial charge is 0.490 e. The van der Waals surface area contributed by atoms with E-state index in [1.807, 2.05) is 0 Å². The highest BCUT2D eigenvalue weighted by Gasteiger charge is 2.27. The van der Waals surface area contributed by atoms with Crippen LogP contribution in [-0.4, -0.2) is 29.9 Å². The maximum atomic E-state index is 14.3. The van der Waals surface area contributed by atoms with Gasteiger partial charge in [0.1, 0.15) is 0 Å². The van der Waals surface area contributed by atoms with E-state index in [4.69, 9.17) is 9.84 Å². The van der Waals surface area contributed by atoms with Gasteiger partial charge in [0, 0.05) is 23.3 Å². The van der Waals surface area contributed by atoms with Gasteiger partial charge in [0.15, 0.2) is 11.6 Å². The van der Waals surface area contributed by atoms with Crippen molar-refractivity contribution in [3.63, 3.8) is 0 Å². The third-order valence-electron chi connectivity index (χ3n) is 3.63. The molecule has 1 amide bonds. The monoisotopic (exact) mass is 326 g/mol. The topological polar surface area (TPSA) is 70.9 Å². The van der Waals surface area contributed by atoms with Crippen LogP contribution in [0.25, 0.3) is 0 Å². The van der Waals surface area contributed by atoms with E-state index in [9.17, 15) is 13.6 Å². The van der Waals surface area contributed by atoms with Crippen molar-refractivity contribution in [1.82, 2.24) is 5.43 Å². The van der Waals surface area contributed by atoms with Gasteiger partial charge in [0.05, 0.1) is 18.9 Å². The molecule has 0 aliphatic carbocycles. The number of benzene rings is 1. The number of carbonyl (C=O) groups excluding carboxylic acids is 1. The first-order valence-electron chi connectivity index (χ1n) is 7.33.